The summed E-state index contributed by atoms with van der Waals surface area (Å²) in [7, 11) is -2.15. The first kappa shape index (κ1) is 17.0. The van der Waals surface area contributed by atoms with E-state index in [1.165, 1.54) is 18.2 Å². The molecule has 1 atom stereocenters. The predicted octanol–water partition coefficient (Wildman–Crippen LogP) is 4.10. The van der Waals surface area contributed by atoms with Gasteiger partial charge in [0, 0.05) is 12.0 Å². The Morgan fingerprint density at radius 3 is 2.15 bits per heavy atom. The Hall–Kier alpha value is -1.07. The van der Waals surface area contributed by atoms with E-state index >= 15 is 0 Å². The lowest BCUT2D eigenvalue weighted by molar-refractivity contribution is -0.114. The van der Waals surface area contributed by atoms with Gasteiger partial charge in [-0.05, 0) is 30.3 Å². The van der Waals surface area contributed by atoms with E-state index < -0.39 is 26.1 Å². The van der Waals surface area contributed by atoms with E-state index in [4.69, 9.17) is 4.43 Å². The average Bonchev–Trinajstić information content (AvgIpc) is 2.31. The van der Waals surface area contributed by atoms with Gasteiger partial charge in [-0.1, -0.05) is 26.8 Å². The number of aldehydes is 1. The van der Waals surface area contributed by atoms with Crippen LogP contribution in [0, 0.1) is 11.6 Å². The van der Waals surface area contributed by atoms with Crippen molar-refractivity contribution in [3.8, 4) is 0 Å². The number of halogens is 2. The second kappa shape index (κ2) is 6.14. The zero-order chi connectivity index (χ0) is 15.6. The molecule has 20 heavy (non-hydrogen) atoms. The standard InChI is InChI=1S/C15H22F2O2Si/c1-15(2,3)20(4,5)19-11(10-18)9-12-13(16)7-6-8-14(12)17/h6-8,10-11H,9H2,1-5H3. The van der Waals surface area contributed by atoms with E-state index in [1.54, 1.807) is 0 Å². The molecule has 1 aromatic rings. The van der Waals surface area contributed by atoms with Crippen molar-refractivity contribution < 1.29 is 18.0 Å². The Bertz CT molecular complexity index is 461. The molecule has 0 aliphatic carbocycles. The largest absolute Gasteiger partial charge is 0.407 e. The monoisotopic (exact) mass is 300 g/mol. The topological polar surface area (TPSA) is 26.3 Å². The highest BCUT2D eigenvalue weighted by Gasteiger charge is 2.39. The lowest BCUT2D eigenvalue weighted by Gasteiger charge is -2.38. The normalized spacial score (nSPS) is 14.2. The van der Waals surface area contributed by atoms with E-state index in [0.29, 0.717) is 6.29 Å². The van der Waals surface area contributed by atoms with Crippen LogP contribution >= 0.6 is 0 Å². The maximum Gasteiger partial charge on any atom is 0.193 e. The van der Waals surface area contributed by atoms with Gasteiger partial charge < -0.3 is 9.22 Å². The first-order valence-corrected chi connectivity index (χ1v) is 9.55. The van der Waals surface area contributed by atoms with Crippen molar-refractivity contribution in [3.63, 3.8) is 0 Å². The van der Waals surface area contributed by atoms with Gasteiger partial charge in [0.25, 0.3) is 0 Å². The van der Waals surface area contributed by atoms with Gasteiger partial charge in [0.05, 0.1) is 0 Å². The summed E-state index contributed by atoms with van der Waals surface area (Å²) in [5, 5.41) is -0.0674. The Morgan fingerprint density at radius 1 is 1.25 bits per heavy atom. The van der Waals surface area contributed by atoms with Crippen LogP contribution in [0.1, 0.15) is 26.3 Å². The fourth-order valence-electron chi connectivity index (χ4n) is 1.60. The minimum atomic E-state index is -2.15. The minimum Gasteiger partial charge on any atom is -0.407 e. The summed E-state index contributed by atoms with van der Waals surface area (Å²) < 4.78 is 33.1. The van der Waals surface area contributed by atoms with Crippen LogP contribution in [0.4, 0.5) is 8.78 Å². The molecular formula is C15H22F2O2Si. The second-order valence-electron chi connectivity index (χ2n) is 6.46. The second-order valence-corrected chi connectivity index (χ2v) is 11.2. The van der Waals surface area contributed by atoms with Crippen molar-refractivity contribution in [2.45, 2.75) is 51.4 Å². The molecule has 0 saturated carbocycles. The molecule has 0 aromatic heterocycles. The van der Waals surface area contributed by atoms with E-state index in [0.717, 1.165) is 0 Å². The van der Waals surface area contributed by atoms with E-state index in [1.807, 2.05) is 33.9 Å². The van der Waals surface area contributed by atoms with Gasteiger partial charge in [0.1, 0.15) is 24.0 Å². The molecule has 0 aliphatic rings. The third kappa shape index (κ3) is 3.96. The molecule has 2 nitrogen and oxygen atoms in total. The zero-order valence-electron chi connectivity index (χ0n) is 12.7. The lowest BCUT2D eigenvalue weighted by atomic mass is 10.1. The van der Waals surface area contributed by atoms with E-state index in [-0.39, 0.29) is 17.0 Å². The van der Waals surface area contributed by atoms with Crippen molar-refractivity contribution in [1.29, 1.82) is 0 Å². The quantitative estimate of drug-likeness (QED) is 0.604. The van der Waals surface area contributed by atoms with Crippen LogP contribution in [0.25, 0.3) is 0 Å². The molecule has 1 aromatic carbocycles. The Balaban J connectivity index is 2.92. The first-order valence-electron chi connectivity index (χ1n) is 6.64. The molecule has 0 aliphatic heterocycles. The summed E-state index contributed by atoms with van der Waals surface area (Å²) in [5.41, 5.74) is -0.0942. The highest BCUT2D eigenvalue weighted by Crippen LogP contribution is 2.37. The summed E-state index contributed by atoms with van der Waals surface area (Å²) in [4.78, 5) is 11.2. The molecule has 1 rings (SSSR count). The summed E-state index contributed by atoms with van der Waals surface area (Å²) in [6.45, 7) is 10.1. The summed E-state index contributed by atoms with van der Waals surface area (Å²) in [6.07, 6.45) is -0.261. The third-order valence-electron chi connectivity index (χ3n) is 3.87. The van der Waals surface area contributed by atoms with Crippen LogP contribution in [0.15, 0.2) is 18.2 Å². The Labute approximate surface area is 120 Å². The molecule has 0 N–H and O–H groups in total. The lowest BCUT2D eigenvalue weighted by Crippen LogP contribution is -2.45. The maximum atomic E-state index is 13.6. The van der Waals surface area contributed by atoms with E-state index in [2.05, 4.69) is 0 Å². The molecule has 0 spiro atoms. The molecular weight excluding hydrogens is 278 g/mol. The molecule has 112 valence electrons. The van der Waals surface area contributed by atoms with Gasteiger partial charge in [-0.15, -0.1) is 0 Å². The van der Waals surface area contributed by atoms with Gasteiger partial charge in [-0.3, -0.25) is 0 Å². The first-order chi connectivity index (χ1) is 9.08. The van der Waals surface area contributed by atoms with Crippen LogP contribution in [0.3, 0.4) is 0 Å². The highest BCUT2D eigenvalue weighted by molar-refractivity contribution is 6.74. The molecule has 1 unspecified atom stereocenters. The molecule has 0 heterocycles. The van der Waals surface area contributed by atoms with Crippen LogP contribution in [0.2, 0.25) is 18.1 Å². The van der Waals surface area contributed by atoms with Crippen molar-refractivity contribution in [2.24, 2.45) is 0 Å². The molecule has 0 radical (unpaired) electrons. The molecule has 0 saturated heterocycles. The SMILES string of the molecule is CC(C)(C)[Si](C)(C)OC(C=O)Cc1c(F)cccc1F. The van der Waals surface area contributed by atoms with Crippen molar-refractivity contribution in [1.82, 2.24) is 0 Å². The average molecular weight is 300 g/mol. The molecule has 0 fully saturated rings. The fourth-order valence-corrected chi connectivity index (χ4v) is 2.85. The maximum absolute atomic E-state index is 13.6. The van der Waals surface area contributed by atoms with Crippen molar-refractivity contribution in [3.05, 3.63) is 35.4 Å². The van der Waals surface area contributed by atoms with Crippen LogP contribution in [-0.2, 0) is 15.6 Å². The van der Waals surface area contributed by atoms with Gasteiger partial charge in [0.15, 0.2) is 8.32 Å². The summed E-state index contributed by atoms with van der Waals surface area (Å²) in [5.74, 6) is -1.29. The third-order valence-corrected chi connectivity index (χ3v) is 8.38. The number of benzene rings is 1. The predicted molar refractivity (Wildman–Crippen MR) is 78.2 cm³/mol. The molecule has 0 amide bonds. The minimum absolute atomic E-state index is 0.0674. The molecule has 0 bridgehead atoms. The summed E-state index contributed by atoms with van der Waals surface area (Å²) in [6, 6.07) is 3.68. The van der Waals surface area contributed by atoms with Crippen LogP contribution in [0.5, 0.6) is 0 Å². The number of rotatable bonds is 5. The fraction of sp³-hybridized carbons (Fsp3) is 0.533. The van der Waals surface area contributed by atoms with Crippen molar-refractivity contribution in [2.75, 3.05) is 0 Å². The summed E-state index contributed by atoms with van der Waals surface area (Å²) >= 11 is 0. The zero-order valence-corrected chi connectivity index (χ0v) is 13.7. The van der Waals surface area contributed by atoms with Gasteiger partial charge >= 0.3 is 0 Å². The van der Waals surface area contributed by atoms with Crippen LogP contribution in [-0.4, -0.2) is 20.7 Å². The van der Waals surface area contributed by atoms with Gasteiger partial charge in [0.2, 0.25) is 0 Å². The number of carbonyl (C=O) groups excluding carboxylic acids is 1. The van der Waals surface area contributed by atoms with Crippen LogP contribution < -0.4 is 0 Å². The van der Waals surface area contributed by atoms with Gasteiger partial charge in [-0.25, -0.2) is 8.78 Å². The number of hydrogen-bond acceptors (Lipinski definition) is 2. The number of hydrogen-bond donors (Lipinski definition) is 0. The molecule has 5 heteroatoms. The van der Waals surface area contributed by atoms with Crippen molar-refractivity contribution >= 4 is 14.6 Å². The highest BCUT2D eigenvalue weighted by atomic mass is 28.4. The number of carbonyl (C=O) groups is 1. The Kier molecular flexibility index (Phi) is 5.21. The van der Waals surface area contributed by atoms with Gasteiger partial charge in [-0.2, -0.15) is 0 Å². The van der Waals surface area contributed by atoms with E-state index in [9.17, 15) is 13.6 Å². The Morgan fingerprint density at radius 2 is 1.75 bits per heavy atom. The smallest absolute Gasteiger partial charge is 0.193 e.